The van der Waals surface area contributed by atoms with Gasteiger partial charge in [0.15, 0.2) is 0 Å². The molecule has 1 atom stereocenters. The minimum atomic E-state index is 0.187. The number of aromatic nitrogens is 3. The highest BCUT2D eigenvalue weighted by molar-refractivity contribution is 5.77. The van der Waals surface area contributed by atoms with Crippen LogP contribution in [0.15, 0.2) is 49.1 Å². The predicted octanol–water partition coefficient (Wildman–Crippen LogP) is 2.70. The molecule has 0 aliphatic carbocycles. The smallest absolute Gasteiger partial charge is 0.100 e. The number of nitrogens with zero attached hydrogens (tertiary/aromatic N) is 3. The lowest BCUT2D eigenvalue weighted by Crippen LogP contribution is -2.21. The Morgan fingerprint density at radius 2 is 2.10 bits per heavy atom. The van der Waals surface area contributed by atoms with Crippen LogP contribution in [0, 0.1) is 0 Å². The predicted molar refractivity (Wildman–Crippen MR) is 80.8 cm³/mol. The molecule has 0 fully saturated rings. The van der Waals surface area contributed by atoms with Gasteiger partial charge in [0.2, 0.25) is 0 Å². The first-order chi connectivity index (χ1) is 9.78. The Morgan fingerprint density at radius 1 is 1.25 bits per heavy atom. The number of benzene rings is 1. The van der Waals surface area contributed by atoms with Crippen LogP contribution in [0.2, 0.25) is 0 Å². The molecule has 4 heteroatoms. The summed E-state index contributed by atoms with van der Waals surface area (Å²) in [6.45, 7) is 2.10. The Labute approximate surface area is 118 Å². The van der Waals surface area contributed by atoms with Crippen molar-refractivity contribution in [2.45, 2.75) is 25.8 Å². The van der Waals surface area contributed by atoms with Crippen molar-refractivity contribution in [3.8, 4) is 5.69 Å². The van der Waals surface area contributed by atoms with Gasteiger partial charge in [0.05, 0.1) is 22.9 Å². The fourth-order valence-corrected chi connectivity index (χ4v) is 2.33. The Bertz CT molecular complexity index is 717. The van der Waals surface area contributed by atoms with E-state index in [1.807, 2.05) is 36.9 Å². The van der Waals surface area contributed by atoms with E-state index in [1.165, 1.54) is 0 Å². The first-order valence-corrected chi connectivity index (χ1v) is 6.90. The number of imidazole rings is 1. The molecule has 0 bridgehead atoms. The molecule has 2 aromatic heterocycles. The maximum Gasteiger partial charge on any atom is 0.100 e. The second kappa shape index (κ2) is 5.43. The second-order valence-corrected chi connectivity index (χ2v) is 5.03. The van der Waals surface area contributed by atoms with Gasteiger partial charge in [-0.2, -0.15) is 0 Å². The highest BCUT2D eigenvalue weighted by Gasteiger charge is 2.07. The summed E-state index contributed by atoms with van der Waals surface area (Å²) in [6.07, 6.45) is 7.40. The molecule has 4 nitrogen and oxygen atoms in total. The maximum atomic E-state index is 6.02. The average molecular weight is 266 g/mol. The van der Waals surface area contributed by atoms with E-state index in [1.54, 1.807) is 0 Å². The molecule has 0 spiro atoms. The molecule has 0 aliphatic rings. The summed E-state index contributed by atoms with van der Waals surface area (Å²) >= 11 is 0. The summed E-state index contributed by atoms with van der Waals surface area (Å²) in [6, 6.07) is 10.4. The summed E-state index contributed by atoms with van der Waals surface area (Å²) < 4.78 is 2.06. The lowest BCUT2D eigenvalue weighted by Gasteiger charge is -2.10. The van der Waals surface area contributed by atoms with E-state index in [-0.39, 0.29) is 6.04 Å². The highest BCUT2D eigenvalue weighted by Crippen LogP contribution is 2.18. The molecule has 3 rings (SSSR count). The number of hydrogen-bond acceptors (Lipinski definition) is 3. The lowest BCUT2D eigenvalue weighted by atomic mass is 10.1. The monoisotopic (exact) mass is 266 g/mol. The molecule has 1 unspecified atom stereocenters. The van der Waals surface area contributed by atoms with Gasteiger partial charge >= 0.3 is 0 Å². The van der Waals surface area contributed by atoms with Crippen LogP contribution >= 0.6 is 0 Å². The van der Waals surface area contributed by atoms with Gasteiger partial charge in [-0.05, 0) is 36.6 Å². The van der Waals surface area contributed by atoms with Crippen molar-refractivity contribution in [1.29, 1.82) is 0 Å². The molecule has 0 saturated heterocycles. The molecule has 102 valence electrons. The van der Waals surface area contributed by atoms with Crippen LogP contribution < -0.4 is 5.73 Å². The molecule has 3 aromatic rings. The number of hydrogen-bond donors (Lipinski definition) is 1. The van der Waals surface area contributed by atoms with E-state index in [0.717, 1.165) is 35.1 Å². The van der Waals surface area contributed by atoms with Gasteiger partial charge in [-0.3, -0.25) is 9.55 Å². The first-order valence-electron chi connectivity index (χ1n) is 6.90. The Balaban J connectivity index is 2.00. The molecular weight excluding hydrogens is 248 g/mol. The van der Waals surface area contributed by atoms with E-state index in [2.05, 4.69) is 33.6 Å². The highest BCUT2D eigenvalue weighted by atomic mass is 15.1. The van der Waals surface area contributed by atoms with E-state index in [4.69, 9.17) is 5.73 Å². The molecule has 2 heterocycles. The zero-order valence-electron chi connectivity index (χ0n) is 11.5. The van der Waals surface area contributed by atoms with Crippen LogP contribution in [-0.4, -0.2) is 20.6 Å². The third kappa shape index (κ3) is 2.42. The maximum absolute atomic E-state index is 6.02. The van der Waals surface area contributed by atoms with Gasteiger partial charge in [-0.1, -0.05) is 19.1 Å². The Morgan fingerprint density at radius 3 is 2.95 bits per heavy atom. The largest absolute Gasteiger partial charge is 0.327 e. The van der Waals surface area contributed by atoms with Crippen molar-refractivity contribution in [2.24, 2.45) is 5.73 Å². The number of nitrogens with two attached hydrogens (primary N) is 1. The van der Waals surface area contributed by atoms with Crippen LogP contribution in [0.4, 0.5) is 0 Å². The van der Waals surface area contributed by atoms with E-state index in [9.17, 15) is 0 Å². The van der Waals surface area contributed by atoms with Crippen molar-refractivity contribution < 1.29 is 0 Å². The van der Waals surface area contributed by atoms with Crippen LogP contribution in [0.5, 0.6) is 0 Å². The molecule has 1 aromatic carbocycles. The minimum Gasteiger partial charge on any atom is -0.327 e. The fraction of sp³-hybridized carbons (Fsp3) is 0.250. The number of pyridine rings is 1. The topological polar surface area (TPSA) is 56.7 Å². The summed E-state index contributed by atoms with van der Waals surface area (Å²) in [5, 5.41) is 0. The first kappa shape index (κ1) is 12.8. The zero-order chi connectivity index (χ0) is 13.9. The minimum absolute atomic E-state index is 0.187. The van der Waals surface area contributed by atoms with Gasteiger partial charge in [-0.25, -0.2) is 4.98 Å². The number of fused-ring (bicyclic) bond motifs is 1. The van der Waals surface area contributed by atoms with Crippen molar-refractivity contribution in [3.05, 3.63) is 54.6 Å². The normalized spacial score (nSPS) is 12.7. The van der Waals surface area contributed by atoms with Crippen LogP contribution in [-0.2, 0) is 6.42 Å². The van der Waals surface area contributed by atoms with Gasteiger partial charge in [-0.15, -0.1) is 0 Å². The lowest BCUT2D eigenvalue weighted by molar-refractivity contribution is 0.645. The second-order valence-electron chi connectivity index (χ2n) is 5.03. The zero-order valence-corrected chi connectivity index (χ0v) is 11.5. The fourth-order valence-electron chi connectivity index (χ4n) is 2.33. The summed E-state index contributed by atoms with van der Waals surface area (Å²) in [5.74, 6) is 0. The van der Waals surface area contributed by atoms with Crippen molar-refractivity contribution >= 4 is 11.0 Å². The standard InChI is InChI=1S/C16H18N4/c1-2-13(17)7-12-8-14(10-18-9-12)20-11-19-15-5-3-4-6-16(15)20/h3-6,8-11,13H,2,7,17H2,1H3. The molecule has 0 radical (unpaired) electrons. The summed E-state index contributed by atoms with van der Waals surface area (Å²) in [5.41, 5.74) is 10.3. The van der Waals surface area contributed by atoms with Crippen molar-refractivity contribution in [3.63, 3.8) is 0 Å². The molecule has 0 amide bonds. The third-order valence-electron chi connectivity index (χ3n) is 3.53. The van der Waals surface area contributed by atoms with Gasteiger partial charge < -0.3 is 5.73 Å². The van der Waals surface area contributed by atoms with Gasteiger partial charge in [0, 0.05) is 12.2 Å². The Hall–Kier alpha value is -2.20. The third-order valence-corrected chi connectivity index (χ3v) is 3.53. The molecule has 20 heavy (non-hydrogen) atoms. The molecule has 0 saturated carbocycles. The van der Waals surface area contributed by atoms with Crippen LogP contribution in [0.3, 0.4) is 0 Å². The van der Waals surface area contributed by atoms with Crippen molar-refractivity contribution in [1.82, 2.24) is 14.5 Å². The van der Waals surface area contributed by atoms with E-state index in [0.29, 0.717) is 0 Å². The average Bonchev–Trinajstić information content (AvgIpc) is 2.91. The molecule has 2 N–H and O–H groups in total. The molecule has 0 aliphatic heterocycles. The van der Waals surface area contributed by atoms with Crippen LogP contribution in [0.25, 0.3) is 16.7 Å². The molecular formula is C16H18N4. The van der Waals surface area contributed by atoms with Crippen molar-refractivity contribution in [2.75, 3.05) is 0 Å². The SMILES string of the molecule is CCC(N)Cc1cncc(-n2cnc3ccccc32)c1. The number of rotatable bonds is 4. The van der Waals surface area contributed by atoms with Gasteiger partial charge in [0.1, 0.15) is 6.33 Å². The quantitative estimate of drug-likeness (QED) is 0.790. The summed E-state index contributed by atoms with van der Waals surface area (Å²) in [7, 11) is 0. The summed E-state index contributed by atoms with van der Waals surface area (Å²) in [4.78, 5) is 8.74. The van der Waals surface area contributed by atoms with E-state index < -0.39 is 0 Å². The van der Waals surface area contributed by atoms with Gasteiger partial charge in [0.25, 0.3) is 0 Å². The Kier molecular flexibility index (Phi) is 3.48. The number of para-hydroxylation sites is 2. The van der Waals surface area contributed by atoms with E-state index >= 15 is 0 Å². The van der Waals surface area contributed by atoms with Crippen LogP contribution in [0.1, 0.15) is 18.9 Å².